The predicted octanol–water partition coefficient (Wildman–Crippen LogP) is 3.16. The average Bonchev–Trinajstić information content (AvgIpc) is 3.03. The molecule has 30 heavy (non-hydrogen) atoms. The van der Waals surface area contributed by atoms with Gasteiger partial charge in [-0.25, -0.2) is 0 Å². The molecule has 2 aromatic carbocycles. The second kappa shape index (κ2) is 8.37. The van der Waals surface area contributed by atoms with E-state index >= 15 is 0 Å². The van der Waals surface area contributed by atoms with Crippen molar-refractivity contribution in [2.45, 2.75) is 62.7 Å². The van der Waals surface area contributed by atoms with Crippen LogP contribution in [0.1, 0.15) is 25.0 Å². The summed E-state index contributed by atoms with van der Waals surface area (Å²) >= 11 is 0. The number of hydrogen-bond donors (Lipinski definition) is 0. The van der Waals surface area contributed by atoms with Crippen LogP contribution < -0.4 is 0 Å². The summed E-state index contributed by atoms with van der Waals surface area (Å²) in [6, 6.07) is 16.0. The Morgan fingerprint density at radius 2 is 1.73 bits per heavy atom. The molecule has 0 saturated carbocycles. The molecule has 0 unspecified atom stereocenters. The van der Waals surface area contributed by atoms with Crippen molar-refractivity contribution in [3.05, 3.63) is 65.7 Å². The largest absolute Gasteiger partial charge is 0.347 e. The van der Waals surface area contributed by atoms with Gasteiger partial charge < -0.3 is 18.9 Å². The molecule has 2 heterocycles. The van der Waals surface area contributed by atoms with E-state index in [4.69, 9.17) is 23.1 Å². The van der Waals surface area contributed by atoms with Gasteiger partial charge in [-0.3, -0.25) is 4.18 Å². The van der Waals surface area contributed by atoms with Crippen molar-refractivity contribution in [2.24, 2.45) is 0 Å². The van der Waals surface area contributed by atoms with Gasteiger partial charge in [0.2, 0.25) is 0 Å². The molecule has 2 aliphatic rings. The maximum Gasteiger partial charge on any atom is 0.297 e. The number of benzene rings is 2. The fraction of sp³-hybridized carbons (Fsp3) is 0.455. The van der Waals surface area contributed by atoms with Crippen LogP contribution in [0.3, 0.4) is 0 Å². The molecule has 2 fully saturated rings. The standard InChI is InChI=1S/C22H26O7S/c1-15-9-11-17(12-10-15)30(23,24)29-20-19-18(27-22(2,3)28-19)14-26-21(20)25-13-16-7-5-4-6-8-16/h4-12,18-21H,13-14H2,1-3H3/t18-,19-,20+,21-/m0/s1. The SMILES string of the molecule is Cc1ccc(S(=O)(=O)O[C@H]2[C@@H](OCc3ccccc3)OC[C@@H]3OC(C)(C)O[C@H]23)cc1. The molecule has 0 radical (unpaired) electrons. The van der Waals surface area contributed by atoms with E-state index in [9.17, 15) is 8.42 Å². The van der Waals surface area contributed by atoms with Gasteiger partial charge in [0.05, 0.1) is 18.1 Å². The molecule has 0 bridgehead atoms. The van der Waals surface area contributed by atoms with Gasteiger partial charge >= 0.3 is 0 Å². The first-order valence-corrected chi connectivity index (χ1v) is 11.3. The second-order valence-electron chi connectivity index (χ2n) is 7.96. The summed E-state index contributed by atoms with van der Waals surface area (Å²) in [7, 11) is -4.06. The van der Waals surface area contributed by atoms with Gasteiger partial charge in [-0.05, 0) is 38.5 Å². The van der Waals surface area contributed by atoms with Crippen molar-refractivity contribution in [1.29, 1.82) is 0 Å². The van der Waals surface area contributed by atoms with Gasteiger partial charge in [0, 0.05) is 0 Å². The summed E-state index contributed by atoms with van der Waals surface area (Å²) in [4.78, 5) is 0.0650. The second-order valence-corrected chi connectivity index (χ2v) is 9.54. The smallest absolute Gasteiger partial charge is 0.297 e. The first-order chi connectivity index (χ1) is 14.2. The van der Waals surface area contributed by atoms with Crippen LogP contribution in [0.15, 0.2) is 59.5 Å². The van der Waals surface area contributed by atoms with Crippen LogP contribution in [-0.4, -0.2) is 45.4 Å². The van der Waals surface area contributed by atoms with Crippen molar-refractivity contribution < 1.29 is 31.5 Å². The van der Waals surface area contributed by atoms with Crippen LogP contribution in [0.25, 0.3) is 0 Å². The van der Waals surface area contributed by atoms with E-state index in [1.54, 1.807) is 26.0 Å². The Bertz CT molecular complexity index is 957. The maximum atomic E-state index is 13.0. The van der Waals surface area contributed by atoms with E-state index in [0.717, 1.165) is 11.1 Å². The molecule has 0 spiro atoms. The highest BCUT2D eigenvalue weighted by atomic mass is 32.2. The highest BCUT2D eigenvalue weighted by Gasteiger charge is 2.53. The van der Waals surface area contributed by atoms with E-state index in [2.05, 4.69) is 0 Å². The Labute approximate surface area is 177 Å². The summed E-state index contributed by atoms with van der Waals surface area (Å²) in [6.07, 6.45) is -3.03. The summed E-state index contributed by atoms with van der Waals surface area (Å²) in [6.45, 7) is 5.90. The Morgan fingerprint density at radius 3 is 2.43 bits per heavy atom. The number of aryl methyl sites for hydroxylation is 1. The van der Waals surface area contributed by atoms with Gasteiger partial charge in [-0.2, -0.15) is 8.42 Å². The molecule has 4 atom stereocenters. The summed E-state index contributed by atoms with van der Waals surface area (Å²) in [5, 5.41) is 0. The maximum absolute atomic E-state index is 13.0. The Hall–Kier alpha value is -1.81. The topological polar surface area (TPSA) is 80.3 Å². The number of ether oxygens (including phenoxy) is 4. The van der Waals surface area contributed by atoms with E-state index in [-0.39, 0.29) is 18.1 Å². The van der Waals surface area contributed by atoms with Crippen molar-refractivity contribution in [1.82, 2.24) is 0 Å². The minimum atomic E-state index is -4.06. The first kappa shape index (κ1) is 21.4. The lowest BCUT2D eigenvalue weighted by Crippen LogP contribution is -2.54. The lowest BCUT2D eigenvalue weighted by Gasteiger charge is -2.36. The van der Waals surface area contributed by atoms with Crippen molar-refractivity contribution >= 4 is 10.1 Å². The Balaban J connectivity index is 1.57. The fourth-order valence-electron chi connectivity index (χ4n) is 3.61. The third kappa shape index (κ3) is 4.74. The number of hydrogen-bond acceptors (Lipinski definition) is 7. The first-order valence-electron chi connectivity index (χ1n) is 9.86. The van der Waals surface area contributed by atoms with Crippen molar-refractivity contribution in [3.8, 4) is 0 Å². The minimum absolute atomic E-state index is 0.0650. The summed E-state index contributed by atoms with van der Waals surface area (Å²) < 4.78 is 55.1. The average molecular weight is 435 g/mol. The molecule has 162 valence electrons. The molecule has 0 aromatic heterocycles. The van der Waals surface area contributed by atoms with Crippen LogP contribution in [0, 0.1) is 6.92 Å². The van der Waals surface area contributed by atoms with Crippen LogP contribution in [0.2, 0.25) is 0 Å². The van der Waals surface area contributed by atoms with Crippen molar-refractivity contribution in [2.75, 3.05) is 6.61 Å². The zero-order chi connectivity index (χ0) is 21.4. The van der Waals surface area contributed by atoms with Gasteiger partial charge in [-0.15, -0.1) is 0 Å². The normalized spacial score (nSPS) is 28.2. The zero-order valence-electron chi connectivity index (χ0n) is 17.2. The van der Waals surface area contributed by atoms with Gasteiger partial charge in [-0.1, -0.05) is 48.0 Å². The lowest BCUT2D eigenvalue weighted by atomic mass is 10.1. The van der Waals surface area contributed by atoms with E-state index < -0.39 is 40.5 Å². The quantitative estimate of drug-likeness (QED) is 0.646. The molecule has 2 aliphatic heterocycles. The molecule has 2 saturated heterocycles. The molecule has 2 aromatic rings. The van der Waals surface area contributed by atoms with Gasteiger partial charge in [0.25, 0.3) is 10.1 Å². The lowest BCUT2D eigenvalue weighted by molar-refractivity contribution is -0.247. The van der Waals surface area contributed by atoms with Crippen LogP contribution >= 0.6 is 0 Å². The van der Waals surface area contributed by atoms with Crippen LogP contribution in [0.4, 0.5) is 0 Å². The van der Waals surface area contributed by atoms with Gasteiger partial charge in [0.1, 0.15) is 12.2 Å². The molecular weight excluding hydrogens is 408 g/mol. The predicted molar refractivity (Wildman–Crippen MR) is 108 cm³/mol. The monoisotopic (exact) mass is 434 g/mol. The highest BCUT2D eigenvalue weighted by Crippen LogP contribution is 2.37. The highest BCUT2D eigenvalue weighted by molar-refractivity contribution is 7.86. The molecule has 0 aliphatic carbocycles. The van der Waals surface area contributed by atoms with Crippen molar-refractivity contribution in [3.63, 3.8) is 0 Å². The third-order valence-electron chi connectivity index (χ3n) is 5.04. The number of rotatable bonds is 6. The van der Waals surface area contributed by atoms with Gasteiger partial charge in [0.15, 0.2) is 18.2 Å². The summed E-state index contributed by atoms with van der Waals surface area (Å²) in [5.74, 6) is -0.873. The van der Waals surface area contributed by atoms with Crippen LogP contribution in [0.5, 0.6) is 0 Å². The van der Waals surface area contributed by atoms with E-state index in [1.165, 1.54) is 12.1 Å². The molecule has 0 N–H and O–H groups in total. The van der Waals surface area contributed by atoms with Crippen LogP contribution in [-0.2, 0) is 39.9 Å². The summed E-state index contributed by atoms with van der Waals surface area (Å²) in [5.41, 5.74) is 1.89. The zero-order valence-corrected chi connectivity index (χ0v) is 18.0. The molecule has 8 heteroatoms. The number of fused-ring (bicyclic) bond motifs is 1. The molecule has 7 nitrogen and oxygen atoms in total. The Morgan fingerprint density at radius 1 is 1.03 bits per heavy atom. The fourth-order valence-corrected chi connectivity index (χ4v) is 4.69. The molecule has 4 rings (SSSR count). The van der Waals surface area contributed by atoms with E-state index in [1.807, 2.05) is 37.3 Å². The molecule has 0 amide bonds. The molecular formula is C22H26O7S. The Kier molecular flexibility index (Phi) is 5.98. The minimum Gasteiger partial charge on any atom is -0.347 e. The third-order valence-corrected chi connectivity index (χ3v) is 6.37. The van der Waals surface area contributed by atoms with E-state index in [0.29, 0.717) is 0 Å².